The minimum atomic E-state index is -0.736. The third-order valence-corrected chi connectivity index (χ3v) is 4.22. The molecular weight excluding hydrogens is 292 g/mol. The molecule has 3 rings (SSSR count). The van der Waals surface area contributed by atoms with E-state index in [1.807, 2.05) is 0 Å². The maximum absolute atomic E-state index is 13.7. The van der Waals surface area contributed by atoms with Crippen LogP contribution in [0.4, 0.5) is 8.78 Å². The Labute approximate surface area is 128 Å². The van der Waals surface area contributed by atoms with Gasteiger partial charge < -0.3 is 14.4 Å². The number of carbonyl (C=O) groups is 1. The predicted octanol–water partition coefficient (Wildman–Crippen LogP) is 2.26. The van der Waals surface area contributed by atoms with Crippen LogP contribution in [0.1, 0.15) is 24.8 Å². The van der Waals surface area contributed by atoms with E-state index in [-0.39, 0.29) is 17.9 Å². The first-order valence-corrected chi connectivity index (χ1v) is 7.58. The molecule has 6 heteroatoms. The molecule has 1 spiro atoms. The second-order valence-corrected chi connectivity index (χ2v) is 5.76. The minimum Gasteiger partial charge on any atom is -0.348 e. The summed E-state index contributed by atoms with van der Waals surface area (Å²) in [4.78, 5) is 14.0. The monoisotopic (exact) mass is 311 g/mol. The van der Waals surface area contributed by atoms with Crippen LogP contribution >= 0.6 is 0 Å². The van der Waals surface area contributed by atoms with Gasteiger partial charge in [0.05, 0.1) is 26.2 Å². The van der Waals surface area contributed by atoms with Crippen LogP contribution in [-0.2, 0) is 20.7 Å². The molecule has 4 nitrogen and oxygen atoms in total. The summed E-state index contributed by atoms with van der Waals surface area (Å²) in [7, 11) is 0. The average molecular weight is 311 g/mol. The largest absolute Gasteiger partial charge is 0.348 e. The lowest BCUT2D eigenvalue weighted by Crippen LogP contribution is -2.56. The molecule has 0 aliphatic carbocycles. The topological polar surface area (TPSA) is 38.8 Å². The number of hydrogen-bond acceptors (Lipinski definition) is 3. The Morgan fingerprint density at radius 1 is 1.18 bits per heavy atom. The summed E-state index contributed by atoms with van der Waals surface area (Å²) in [5, 5.41) is 0. The van der Waals surface area contributed by atoms with E-state index in [2.05, 4.69) is 0 Å². The zero-order valence-corrected chi connectivity index (χ0v) is 12.3. The van der Waals surface area contributed by atoms with Gasteiger partial charge in [0.2, 0.25) is 5.91 Å². The molecule has 0 bridgehead atoms. The van der Waals surface area contributed by atoms with Gasteiger partial charge in [-0.15, -0.1) is 0 Å². The number of morpholine rings is 1. The van der Waals surface area contributed by atoms with Gasteiger partial charge >= 0.3 is 0 Å². The van der Waals surface area contributed by atoms with Gasteiger partial charge in [-0.25, -0.2) is 8.78 Å². The number of carbonyl (C=O) groups excluding carboxylic acids is 1. The number of hydrogen-bond donors (Lipinski definition) is 0. The molecular formula is C16H19F2NO3. The molecule has 1 atom stereocenters. The Bertz CT molecular complexity index is 533. The van der Waals surface area contributed by atoms with E-state index in [0.717, 1.165) is 31.4 Å². The van der Waals surface area contributed by atoms with Crippen molar-refractivity contribution in [3.05, 3.63) is 35.4 Å². The van der Waals surface area contributed by atoms with Crippen molar-refractivity contribution in [1.29, 1.82) is 0 Å². The van der Waals surface area contributed by atoms with Gasteiger partial charge in [0.15, 0.2) is 5.79 Å². The van der Waals surface area contributed by atoms with Crippen molar-refractivity contribution in [2.45, 2.75) is 31.5 Å². The normalized spacial score (nSPS) is 25.5. The van der Waals surface area contributed by atoms with Crippen molar-refractivity contribution in [3.8, 4) is 0 Å². The van der Waals surface area contributed by atoms with Gasteiger partial charge in [0.25, 0.3) is 0 Å². The van der Waals surface area contributed by atoms with Gasteiger partial charge in [-0.1, -0.05) is 6.07 Å². The van der Waals surface area contributed by atoms with Crippen LogP contribution in [0.5, 0.6) is 0 Å². The fourth-order valence-electron chi connectivity index (χ4n) is 3.00. The van der Waals surface area contributed by atoms with Crippen molar-refractivity contribution < 1.29 is 23.0 Å². The molecule has 2 aliphatic heterocycles. The Hall–Kier alpha value is -1.53. The van der Waals surface area contributed by atoms with E-state index in [4.69, 9.17) is 9.47 Å². The van der Waals surface area contributed by atoms with E-state index in [9.17, 15) is 13.6 Å². The molecule has 2 heterocycles. The van der Waals surface area contributed by atoms with Crippen LogP contribution in [0.3, 0.4) is 0 Å². The first kappa shape index (κ1) is 15.4. The summed E-state index contributed by atoms with van der Waals surface area (Å²) < 4.78 is 38.8. The van der Waals surface area contributed by atoms with Crippen LogP contribution in [0.2, 0.25) is 0 Å². The standard InChI is InChI=1S/C16H19F2NO3/c17-13-4-3-5-14(18)12(13)10-15(20)19-7-9-22-16(11-19)6-1-2-8-21-16/h3-5H,1-2,6-11H2. The maximum Gasteiger partial charge on any atom is 0.227 e. The first-order chi connectivity index (χ1) is 10.6. The predicted molar refractivity (Wildman–Crippen MR) is 75.1 cm³/mol. The summed E-state index contributed by atoms with van der Waals surface area (Å²) in [5.41, 5.74) is -0.183. The Balaban J connectivity index is 1.69. The minimum absolute atomic E-state index is 0.183. The third-order valence-electron chi connectivity index (χ3n) is 4.22. The quantitative estimate of drug-likeness (QED) is 0.841. The van der Waals surface area contributed by atoms with Crippen LogP contribution < -0.4 is 0 Å². The highest BCUT2D eigenvalue weighted by Crippen LogP contribution is 2.30. The lowest BCUT2D eigenvalue weighted by atomic mass is 10.0. The van der Waals surface area contributed by atoms with E-state index in [1.54, 1.807) is 4.90 Å². The molecule has 1 aromatic rings. The number of ether oxygens (including phenoxy) is 2. The third kappa shape index (κ3) is 3.13. The van der Waals surface area contributed by atoms with Gasteiger partial charge in [-0.05, 0) is 25.0 Å². The van der Waals surface area contributed by atoms with Crippen LogP contribution in [0.25, 0.3) is 0 Å². The molecule has 2 aliphatic rings. The number of halogens is 2. The summed E-state index contributed by atoms with van der Waals surface area (Å²) in [6.07, 6.45) is 2.43. The fourth-order valence-corrected chi connectivity index (χ4v) is 3.00. The van der Waals surface area contributed by atoms with Crippen molar-refractivity contribution in [2.24, 2.45) is 0 Å². The summed E-state index contributed by atoms with van der Waals surface area (Å²) in [6.45, 7) is 1.73. The van der Waals surface area contributed by atoms with Gasteiger partial charge in [0.1, 0.15) is 11.6 Å². The Kier molecular flexibility index (Phi) is 4.40. The number of benzene rings is 1. The molecule has 1 unspecified atom stereocenters. The lowest BCUT2D eigenvalue weighted by molar-refractivity contribution is -0.280. The molecule has 0 saturated carbocycles. The summed E-state index contributed by atoms with van der Waals surface area (Å²) in [5.74, 6) is -2.42. The molecule has 22 heavy (non-hydrogen) atoms. The number of rotatable bonds is 2. The molecule has 120 valence electrons. The second-order valence-electron chi connectivity index (χ2n) is 5.76. The maximum atomic E-state index is 13.7. The number of nitrogens with zero attached hydrogens (tertiary/aromatic N) is 1. The molecule has 2 saturated heterocycles. The van der Waals surface area contributed by atoms with E-state index < -0.39 is 17.4 Å². The molecule has 0 aromatic heterocycles. The smallest absolute Gasteiger partial charge is 0.227 e. The molecule has 0 N–H and O–H groups in total. The zero-order valence-electron chi connectivity index (χ0n) is 12.3. The second kappa shape index (κ2) is 6.30. The zero-order chi connectivity index (χ0) is 15.6. The van der Waals surface area contributed by atoms with E-state index in [1.165, 1.54) is 6.07 Å². The molecule has 2 fully saturated rings. The SMILES string of the molecule is O=C(Cc1c(F)cccc1F)N1CCOC2(CCCCO2)C1. The average Bonchev–Trinajstić information content (AvgIpc) is 2.52. The summed E-state index contributed by atoms with van der Waals surface area (Å²) >= 11 is 0. The van der Waals surface area contributed by atoms with E-state index in [0.29, 0.717) is 26.3 Å². The van der Waals surface area contributed by atoms with Crippen molar-refractivity contribution >= 4 is 5.91 Å². The van der Waals surface area contributed by atoms with Crippen LogP contribution in [-0.4, -0.2) is 42.9 Å². The highest BCUT2D eigenvalue weighted by Gasteiger charge is 2.40. The number of amides is 1. The van der Waals surface area contributed by atoms with Gasteiger partial charge in [0, 0.05) is 18.5 Å². The Morgan fingerprint density at radius 2 is 1.91 bits per heavy atom. The van der Waals surface area contributed by atoms with Crippen molar-refractivity contribution in [3.63, 3.8) is 0 Å². The molecule has 1 aromatic carbocycles. The first-order valence-electron chi connectivity index (χ1n) is 7.58. The van der Waals surface area contributed by atoms with Crippen molar-refractivity contribution in [2.75, 3.05) is 26.3 Å². The highest BCUT2D eigenvalue weighted by molar-refractivity contribution is 5.79. The van der Waals surface area contributed by atoms with Crippen LogP contribution in [0, 0.1) is 11.6 Å². The molecule has 1 amide bonds. The van der Waals surface area contributed by atoms with Gasteiger partial charge in [-0.3, -0.25) is 4.79 Å². The summed E-state index contributed by atoms with van der Waals surface area (Å²) in [6, 6.07) is 3.62. The molecule has 0 radical (unpaired) electrons. The lowest BCUT2D eigenvalue weighted by Gasteiger charge is -2.44. The Morgan fingerprint density at radius 3 is 2.59 bits per heavy atom. The fraction of sp³-hybridized carbons (Fsp3) is 0.562. The van der Waals surface area contributed by atoms with Gasteiger partial charge in [-0.2, -0.15) is 0 Å². The highest BCUT2D eigenvalue weighted by atomic mass is 19.1. The van der Waals surface area contributed by atoms with Crippen molar-refractivity contribution in [1.82, 2.24) is 4.90 Å². The van der Waals surface area contributed by atoms with Crippen LogP contribution in [0.15, 0.2) is 18.2 Å². The van der Waals surface area contributed by atoms with E-state index >= 15 is 0 Å².